The van der Waals surface area contributed by atoms with Gasteiger partial charge in [0.1, 0.15) is 0 Å². The van der Waals surface area contributed by atoms with Gasteiger partial charge in [-0.2, -0.15) is 15.0 Å². The van der Waals surface area contributed by atoms with Gasteiger partial charge >= 0.3 is 0 Å². The lowest BCUT2D eigenvalue weighted by atomic mass is 9.90. The third kappa shape index (κ3) is 6.54. The average Bonchev–Trinajstić information content (AvgIpc) is 2.03. The summed E-state index contributed by atoms with van der Waals surface area (Å²) in [7, 11) is 0. The molecule has 6 nitrogen and oxygen atoms in total. The molecule has 1 aliphatic heterocycles. The lowest BCUT2D eigenvalue weighted by molar-refractivity contribution is 0.848. The van der Waals surface area contributed by atoms with Crippen LogP contribution in [0.15, 0.2) is 260 Å². The summed E-state index contributed by atoms with van der Waals surface area (Å²) in [6.07, 6.45) is 9.12. The molecule has 84 heavy (non-hydrogen) atoms. The van der Waals surface area contributed by atoms with E-state index in [0.29, 0.717) is 29.0 Å². The number of aromatic nitrogens is 6. The average molecular weight is 1130 g/mol. The van der Waals surface area contributed by atoms with Crippen LogP contribution >= 0.6 is 34.4 Å². The van der Waals surface area contributed by atoms with E-state index in [1.54, 1.807) is 0 Å². The number of thioether (sulfide) groups is 1. The first-order valence-corrected chi connectivity index (χ1v) is 31.0. The lowest BCUT2D eigenvalue weighted by Crippen LogP contribution is -2.14. The molecule has 7 heterocycles. The van der Waals surface area contributed by atoms with Crippen LogP contribution in [-0.4, -0.2) is 33.9 Å². The summed E-state index contributed by atoms with van der Waals surface area (Å²) in [6, 6.07) is 84.5. The standard InChI is InChI=1S/C75H44N6S3/c1-7-37-61-43(19-1)49-25-13-28-52(58-34-16-31-55-46-22-4-10-40-64(46)82-70(55)58)67(49)79(61)73-76-74(80-62-38-8-2-20-44(62)50-26-14-29-53(68(50)80)59-35-17-32-56-47-23-5-11-41-65(47)83-71(56)59)78-75(77-73)81-63-39-9-3-21-45(63)51-27-15-30-54(69(51)81)60-36-18-33-57-48-24-6-12-42-66(48)84-72(57)60/h1-42,46,64H. The first-order valence-electron chi connectivity index (χ1n) is 28.5. The minimum atomic E-state index is 0.317. The molecule has 11 aromatic carbocycles. The fourth-order valence-corrected chi connectivity index (χ4v) is 18.1. The predicted molar refractivity (Wildman–Crippen MR) is 356 cm³/mol. The van der Waals surface area contributed by atoms with E-state index in [9.17, 15) is 0 Å². The maximum absolute atomic E-state index is 5.90. The molecule has 2 aliphatic rings. The summed E-state index contributed by atoms with van der Waals surface area (Å²) < 4.78 is 12.0. The third-order valence-electron chi connectivity index (χ3n) is 17.7. The van der Waals surface area contributed by atoms with Crippen molar-refractivity contribution in [3.63, 3.8) is 0 Å². The van der Waals surface area contributed by atoms with Gasteiger partial charge in [-0.05, 0) is 41.5 Å². The molecular formula is C75H44N6S3. The van der Waals surface area contributed by atoms with E-state index in [0.717, 1.165) is 82.1 Å². The highest BCUT2D eigenvalue weighted by atomic mass is 32.2. The largest absolute Gasteiger partial charge is 0.277 e. The molecule has 0 radical (unpaired) electrons. The molecule has 0 spiro atoms. The van der Waals surface area contributed by atoms with Crippen molar-refractivity contribution in [2.24, 2.45) is 0 Å². The van der Waals surface area contributed by atoms with Gasteiger partial charge in [0.2, 0.25) is 17.8 Å². The summed E-state index contributed by atoms with van der Waals surface area (Å²) in [6.45, 7) is 0. The molecule has 0 saturated heterocycles. The van der Waals surface area contributed by atoms with E-state index in [4.69, 9.17) is 15.0 Å². The second-order valence-corrected chi connectivity index (χ2v) is 25.4. The Morgan fingerprint density at radius 2 is 0.655 bits per heavy atom. The Bertz CT molecular complexity index is 5520. The summed E-state index contributed by atoms with van der Waals surface area (Å²) >= 11 is 5.68. The molecule has 19 rings (SSSR count). The van der Waals surface area contributed by atoms with Crippen LogP contribution in [0.2, 0.25) is 0 Å². The molecule has 9 heteroatoms. The second kappa shape index (κ2) is 17.8. The van der Waals surface area contributed by atoms with Crippen molar-refractivity contribution in [3.8, 4) is 51.2 Å². The monoisotopic (exact) mass is 1120 g/mol. The van der Waals surface area contributed by atoms with E-state index in [2.05, 4.69) is 269 Å². The maximum atomic E-state index is 5.90. The molecule has 2 atom stereocenters. The first-order chi connectivity index (χ1) is 41.7. The molecule has 6 aromatic heterocycles. The Hall–Kier alpha value is -9.90. The van der Waals surface area contributed by atoms with E-state index >= 15 is 0 Å². The first kappa shape index (κ1) is 46.7. The quantitative estimate of drug-likeness (QED) is 0.166. The van der Waals surface area contributed by atoms with Crippen LogP contribution in [0, 0.1) is 0 Å². The summed E-state index contributed by atoms with van der Waals surface area (Å²) in [5.41, 5.74) is 14.4. The summed E-state index contributed by atoms with van der Waals surface area (Å²) in [4.78, 5) is 19.0. The van der Waals surface area contributed by atoms with Gasteiger partial charge < -0.3 is 0 Å². The molecule has 0 bridgehead atoms. The number of allylic oxidation sites excluding steroid dienone is 3. The molecule has 0 amide bonds. The van der Waals surface area contributed by atoms with E-state index in [-0.39, 0.29) is 0 Å². The molecule has 0 saturated carbocycles. The highest BCUT2D eigenvalue weighted by Crippen LogP contribution is 2.54. The highest BCUT2D eigenvalue weighted by Gasteiger charge is 2.34. The van der Waals surface area contributed by atoms with Crippen LogP contribution in [0.25, 0.3) is 157 Å². The minimum absolute atomic E-state index is 0.317. The van der Waals surface area contributed by atoms with Crippen molar-refractivity contribution in [1.29, 1.82) is 0 Å². The van der Waals surface area contributed by atoms with Crippen molar-refractivity contribution in [2.75, 3.05) is 0 Å². The molecular weight excluding hydrogens is 1080 g/mol. The summed E-state index contributed by atoms with van der Waals surface area (Å²) in [5, 5.41) is 12.1. The number of hydrogen-bond donors (Lipinski definition) is 0. The number of para-hydroxylation sites is 6. The minimum Gasteiger partial charge on any atom is -0.277 e. The van der Waals surface area contributed by atoms with Crippen LogP contribution in [0.5, 0.6) is 0 Å². The Labute approximate surface area is 493 Å². The SMILES string of the molecule is C1=CC2Sc3c(-c4cccc5c6ccccc6n(-c6nc(-n7c8ccccc8c8cccc(-c9cccc%10c9sc9ccccc9%10)c87)nc(-n7c8ccccc8c8cccc(-c9cccc%10c9sc9ccccc9%10)c87)n6)c45)cccc3C2C=C1. The highest BCUT2D eigenvalue weighted by molar-refractivity contribution is 8.00. The molecule has 1 aliphatic carbocycles. The van der Waals surface area contributed by atoms with Crippen molar-refractivity contribution < 1.29 is 0 Å². The fourth-order valence-electron chi connectivity index (χ4n) is 14.2. The third-order valence-corrected chi connectivity index (χ3v) is 21.6. The maximum Gasteiger partial charge on any atom is 0.241 e. The van der Waals surface area contributed by atoms with E-state index in [1.807, 2.05) is 34.4 Å². The molecule has 392 valence electrons. The smallest absolute Gasteiger partial charge is 0.241 e. The second-order valence-electron chi connectivity index (χ2n) is 22.1. The van der Waals surface area contributed by atoms with E-state index in [1.165, 1.54) is 67.5 Å². The van der Waals surface area contributed by atoms with Gasteiger partial charge in [-0.15, -0.1) is 34.4 Å². The Balaban J connectivity index is 0.959. The number of benzene rings is 11. The van der Waals surface area contributed by atoms with Gasteiger partial charge in [-0.25, -0.2) is 0 Å². The normalized spacial score (nSPS) is 15.0. The van der Waals surface area contributed by atoms with Crippen LogP contribution in [0.3, 0.4) is 0 Å². The van der Waals surface area contributed by atoms with Gasteiger partial charge in [0.05, 0.1) is 33.1 Å². The molecule has 17 aromatic rings. The number of hydrogen-bond acceptors (Lipinski definition) is 6. The van der Waals surface area contributed by atoms with Gasteiger partial charge in [0.25, 0.3) is 0 Å². The van der Waals surface area contributed by atoms with Gasteiger partial charge in [-0.1, -0.05) is 224 Å². The number of thiophene rings is 2. The van der Waals surface area contributed by atoms with Crippen molar-refractivity contribution in [1.82, 2.24) is 28.7 Å². The Kier molecular flexibility index (Phi) is 9.89. The zero-order chi connectivity index (χ0) is 54.7. The molecule has 2 unspecified atom stereocenters. The summed E-state index contributed by atoms with van der Waals surface area (Å²) in [5.74, 6) is 1.89. The predicted octanol–water partition coefficient (Wildman–Crippen LogP) is 20.6. The van der Waals surface area contributed by atoms with Crippen molar-refractivity contribution >= 4 is 140 Å². The van der Waals surface area contributed by atoms with Crippen LogP contribution < -0.4 is 0 Å². The zero-order valence-corrected chi connectivity index (χ0v) is 47.3. The number of fused-ring (bicyclic) bond motifs is 18. The van der Waals surface area contributed by atoms with Gasteiger partial charge in [-0.3, -0.25) is 13.7 Å². The zero-order valence-electron chi connectivity index (χ0n) is 44.8. The lowest BCUT2D eigenvalue weighted by Gasteiger charge is -2.17. The topological polar surface area (TPSA) is 53.5 Å². The van der Waals surface area contributed by atoms with Gasteiger partial charge in [0.15, 0.2) is 0 Å². The van der Waals surface area contributed by atoms with Crippen LogP contribution in [-0.2, 0) is 0 Å². The fraction of sp³-hybridized carbons (Fsp3) is 0.0267. The molecule has 0 fully saturated rings. The van der Waals surface area contributed by atoms with Crippen molar-refractivity contribution in [2.45, 2.75) is 16.1 Å². The van der Waals surface area contributed by atoms with E-state index < -0.39 is 0 Å². The van der Waals surface area contributed by atoms with Crippen LogP contribution in [0.1, 0.15) is 11.5 Å². The Morgan fingerprint density at radius 3 is 1.13 bits per heavy atom. The Morgan fingerprint density at radius 1 is 0.298 bits per heavy atom. The van der Waals surface area contributed by atoms with Crippen molar-refractivity contribution in [3.05, 3.63) is 260 Å². The van der Waals surface area contributed by atoms with Gasteiger partial charge in [0, 0.05) is 117 Å². The van der Waals surface area contributed by atoms with Crippen LogP contribution in [0.4, 0.5) is 0 Å². The number of rotatable bonds is 6. The molecule has 0 N–H and O–H groups in total. The number of nitrogens with zero attached hydrogens (tertiary/aromatic N) is 6.